The van der Waals surface area contributed by atoms with Gasteiger partial charge in [0.25, 0.3) is 11.8 Å². The SMILES string of the molecule is CCOc1ccc(C(NC(=O)c2ccc(Cl)cc2)NC(=O)c2ccc(Cl)cc2)cc1OC. The van der Waals surface area contributed by atoms with Crippen LogP contribution >= 0.6 is 23.2 Å². The number of nitrogens with one attached hydrogen (secondary N) is 2. The molecule has 0 aliphatic rings. The van der Waals surface area contributed by atoms with Crippen LogP contribution in [0.15, 0.2) is 66.7 Å². The smallest absolute Gasteiger partial charge is 0.253 e. The molecule has 32 heavy (non-hydrogen) atoms. The van der Waals surface area contributed by atoms with Crippen molar-refractivity contribution in [1.82, 2.24) is 10.6 Å². The highest BCUT2D eigenvalue weighted by Crippen LogP contribution is 2.30. The third-order valence-electron chi connectivity index (χ3n) is 4.58. The summed E-state index contributed by atoms with van der Waals surface area (Å²) in [4.78, 5) is 25.7. The molecule has 2 N–H and O–H groups in total. The molecule has 0 heterocycles. The van der Waals surface area contributed by atoms with E-state index in [4.69, 9.17) is 32.7 Å². The molecule has 0 saturated heterocycles. The quantitative estimate of drug-likeness (QED) is 0.438. The molecule has 0 aliphatic carbocycles. The van der Waals surface area contributed by atoms with Crippen LogP contribution in [0.5, 0.6) is 11.5 Å². The fourth-order valence-electron chi connectivity index (χ4n) is 2.97. The molecule has 0 spiro atoms. The zero-order valence-electron chi connectivity index (χ0n) is 17.5. The molecule has 0 atom stereocenters. The van der Waals surface area contributed by atoms with Gasteiger partial charge in [-0.05, 0) is 73.2 Å². The second kappa shape index (κ2) is 10.9. The van der Waals surface area contributed by atoms with E-state index in [1.54, 1.807) is 66.7 Å². The van der Waals surface area contributed by atoms with Crippen molar-refractivity contribution in [2.75, 3.05) is 13.7 Å². The van der Waals surface area contributed by atoms with E-state index in [-0.39, 0.29) is 11.8 Å². The van der Waals surface area contributed by atoms with Crippen LogP contribution in [0.2, 0.25) is 10.0 Å². The molecule has 2 amide bonds. The average molecular weight is 473 g/mol. The Morgan fingerprint density at radius 1 is 0.812 bits per heavy atom. The molecule has 166 valence electrons. The van der Waals surface area contributed by atoms with E-state index in [0.29, 0.717) is 44.8 Å². The molecule has 0 unspecified atom stereocenters. The summed E-state index contributed by atoms with van der Waals surface area (Å²) in [7, 11) is 1.52. The summed E-state index contributed by atoms with van der Waals surface area (Å²) in [6, 6.07) is 18.1. The van der Waals surface area contributed by atoms with E-state index >= 15 is 0 Å². The number of benzene rings is 3. The van der Waals surface area contributed by atoms with Crippen molar-refractivity contribution in [2.45, 2.75) is 13.1 Å². The lowest BCUT2D eigenvalue weighted by atomic mass is 10.1. The van der Waals surface area contributed by atoms with Crippen molar-refractivity contribution in [3.05, 3.63) is 93.5 Å². The summed E-state index contributed by atoms with van der Waals surface area (Å²) < 4.78 is 11.0. The molecule has 0 bridgehead atoms. The van der Waals surface area contributed by atoms with Crippen molar-refractivity contribution in [1.29, 1.82) is 0 Å². The van der Waals surface area contributed by atoms with Crippen LogP contribution in [0, 0.1) is 0 Å². The Balaban J connectivity index is 1.91. The van der Waals surface area contributed by atoms with E-state index < -0.39 is 6.17 Å². The van der Waals surface area contributed by atoms with Gasteiger partial charge in [-0.1, -0.05) is 29.3 Å². The zero-order valence-corrected chi connectivity index (χ0v) is 19.0. The zero-order chi connectivity index (χ0) is 23.1. The maximum atomic E-state index is 12.8. The van der Waals surface area contributed by atoms with Gasteiger partial charge in [0.1, 0.15) is 6.17 Å². The number of carbonyl (C=O) groups is 2. The van der Waals surface area contributed by atoms with Crippen molar-refractivity contribution in [3.8, 4) is 11.5 Å². The van der Waals surface area contributed by atoms with Crippen LogP contribution in [0.25, 0.3) is 0 Å². The topological polar surface area (TPSA) is 76.7 Å². The van der Waals surface area contributed by atoms with Gasteiger partial charge in [-0.15, -0.1) is 0 Å². The van der Waals surface area contributed by atoms with Gasteiger partial charge in [0, 0.05) is 21.2 Å². The Morgan fingerprint density at radius 3 is 1.75 bits per heavy atom. The summed E-state index contributed by atoms with van der Waals surface area (Å²) in [6.45, 7) is 2.34. The Labute approximate surface area is 196 Å². The van der Waals surface area contributed by atoms with Crippen molar-refractivity contribution < 1.29 is 19.1 Å². The van der Waals surface area contributed by atoms with E-state index in [0.717, 1.165) is 0 Å². The minimum Gasteiger partial charge on any atom is -0.493 e. The van der Waals surface area contributed by atoms with Gasteiger partial charge in [-0.2, -0.15) is 0 Å². The Bertz CT molecular complexity index is 1030. The van der Waals surface area contributed by atoms with Gasteiger partial charge in [0.15, 0.2) is 11.5 Å². The number of amides is 2. The van der Waals surface area contributed by atoms with Gasteiger partial charge < -0.3 is 20.1 Å². The van der Waals surface area contributed by atoms with Gasteiger partial charge in [0.05, 0.1) is 13.7 Å². The number of hydrogen-bond donors (Lipinski definition) is 2. The predicted molar refractivity (Wildman–Crippen MR) is 125 cm³/mol. The minimum absolute atomic E-state index is 0.379. The lowest BCUT2D eigenvalue weighted by Gasteiger charge is -2.22. The molecule has 3 rings (SSSR count). The Morgan fingerprint density at radius 2 is 1.31 bits per heavy atom. The fraction of sp³-hybridized carbons (Fsp3) is 0.167. The first-order chi connectivity index (χ1) is 15.4. The molecular formula is C24H22Cl2N2O4. The number of carbonyl (C=O) groups excluding carboxylic acids is 2. The van der Waals surface area contributed by atoms with Gasteiger partial charge in [-0.3, -0.25) is 9.59 Å². The predicted octanol–water partition coefficient (Wildman–Crippen LogP) is 5.26. The molecular weight excluding hydrogens is 451 g/mol. The number of halogens is 2. The summed E-state index contributed by atoms with van der Waals surface area (Å²) in [5.74, 6) is 0.285. The van der Waals surface area contributed by atoms with E-state index in [9.17, 15) is 9.59 Å². The molecule has 0 aromatic heterocycles. The molecule has 3 aromatic carbocycles. The first kappa shape index (κ1) is 23.4. The first-order valence-corrected chi connectivity index (χ1v) is 10.6. The van der Waals surface area contributed by atoms with Crippen molar-refractivity contribution >= 4 is 35.0 Å². The lowest BCUT2D eigenvalue weighted by Crippen LogP contribution is -2.41. The van der Waals surface area contributed by atoms with Crippen LogP contribution in [-0.4, -0.2) is 25.5 Å². The molecule has 0 radical (unpaired) electrons. The third-order valence-corrected chi connectivity index (χ3v) is 5.09. The van der Waals surface area contributed by atoms with Gasteiger partial charge in [0.2, 0.25) is 0 Å². The third kappa shape index (κ3) is 5.93. The molecule has 3 aromatic rings. The van der Waals surface area contributed by atoms with E-state index in [2.05, 4.69) is 10.6 Å². The van der Waals surface area contributed by atoms with Crippen LogP contribution in [0.3, 0.4) is 0 Å². The maximum Gasteiger partial charge on any atom is 0.253 e. The maximum absolute atomic E-state index is 12.8. The molecule has 0 saturated carbocycles. The highest BCUT2D eigenvalue weighted by Gasteiger charge is 2.21. The second-order valence-corrected chi connectivity index (χ2v) is 7.61. The lowest BCUT2D eigenvalue weighted by molar-refractivity contribution is 0.0883. The summed E-state index contributed by atoms with van der Waals surface area (Å²) in [5.41, 5.74) is 1.41. The monoisotopic (exact) mass is 472 g/mol. The normalized spacial score (nSPS) is 10.5. The average Bonchev–Trinajstić information content (AvgIpc) is 2.80. The summed E-state index contributed by atoms with van der Waals surface area (Å²) in [5, 5.41) is 6.73. The van der Waals surface area contributed by atoms with E-state index in [1.807, 2.05) is 6.92 Å². The summed E-state index contributed by atoms with van der Waals surface area (Å²) >= 11 is 11.8. The number of rotatable bonds is 8. The van der Waals surface area contributed by atoms with E-state index in [1.165, 1.54) is 7.11 Å². The number of hydrogen-bond acceptors (Lipinski definition) is 4. The van der Waals surface area contributed by atoms with Gasteiger partial charge in [-0.25, -0.2) is 0 Å². The van der Waals surface area contributed by atoms with Crippen LogP contribution < -0.4 is 20.1 Å². The Hall–Kier alpha value is -3.22. The standard InChI is InChI=1S/C24H22Cl2N2O4/c1-3-32-20-13-8-17(14-21(20)31-2)22(27-23(29)15-4-9-18(25)10-5-15)28-24(30)16-6-11-19(26)12-7-16/h4-14,22H,3H2,1-2H3,(H,27,29)(H,28,30). The highest BCUT2D eigenvalue weighted by molar-refractivity contribution is 6.31. The highest BCUT2D eigenvalue weighted by atomic mass is 35.5. The Kier molecular flexibility index (Phi) is 7.98. The first-order valence-electron chi connectivity index (χ1n) is 9.85. The second-order valence-electron chi connectivity index (χ2n) is 6.74. The van der Waals surface area contributed by atoms with Crippen LogP contribution in [0.1, 0.15) is 39.4 Å². The molecule has 0 aliphatic heterocycles. The van der Waals surface area contributed by atoms with Gasteiger partial charge >= 0.3 is 0 Å². The number of ether oxygens (including phenoxy) is 2. The van der Waals surface area contributed by atoms with Crippen molar-refractivity contribution in [2.24, 2.45) is 0 Å². The fourth-order valence-corrected chi connectivity index (χ4v) is 3.22. The number of methoxy groups -OCH3 is 1. The summed E-state index contributed by atoms with van der Waals surface area (Å²) in [6.07, 6.45) is -0.842. The van der Waals surface area contributed by atoms with Crippen LogP contribution in [-0.2, 0) is 0 Å². The van der Waals surface area contributed by atoms with Crippen LogP contribution in [0.4, 0.5) is 0 Å². The molecule has 8 heteroatoms. The largest absolute Gasteiger partial charge is 0.493 e. The molecule has 6 nitrogen and oxygen atoms in total. The molecule has 0 fully saturated rings. The minimum atomic E-state index is -0.842. The van der Waals surface area contributed by atoms with Crippen molar-refractivity contribution in [3.63, 3.8) is 0 Å².